The van der Waals surface area contributed by atoms with Gasteiger partial charge in [0.05, 0.1) is 0 Å². The molecule has 0 atom stereocenters. The van der Waals surface area contributed by atoms with Crippen LogP contribution in [0, 0.1) is 0 Å². The summed E-state index contributed by atoms with van der Waals surface area (Å²) in [5.41, 5.74) is 5.40. The van der Waals surface area contributed by atoms with Gasteiger partial charge in [-0.3, -0.25) is 0 Å². The summed E-state index contributed by atoms with van der Waals surface area (Å²) in [4.78, 5) is 0. The van der Waals surface area contributed by atoms with Gasteiger partial charge in [0, 0.05) is 0 Å². The first-order valence-electron chi connectivity index (χ1n) is 15.9. The first-order chi connectivity index (χ1) is 21.2. The third-order valence-electron chi connectivity index (χ3n) is 9.80. The maximum atomic E-state index is 2.61. The Hall–Kier alpha value is -2.70. The van der Waals surface area contributed by atoms with Crippen LogP contribution in [0.15, 0.2) is 170 Å². The number of rotatable bonds is 12. The Balaban J connectivity index is 0.00000230. The molecule has 45 heavy (non-hydrogen) atoms. The molecule has 0 bridgehead atoms. The minimum Gasteiger partial charge on any atom is -1.00 e. The molecule has 0 unspecified atom stereocenters. The van der Waals surface area contributed by atoms with Gasteiger partial charge in [-0.25, -0.2) is 0 Å². The molecule has 2 aliphatic rings. The molecule has 0 saturated heterocycles. The maximum absolute atomic E-state index is 2.61. The molecule has 0 radical (unpaired) electrons. The fraction of sp³-hybridized carbons (Fsp3) is 0.238. The number of hydrogen-bond acceptors (Lipinski definition) is 0. The number of benzene rings is 4. The second kappa shape index (κ2) is 15.3. The van der Waals surface area contributed by atoms with Crippen LogP contribution in [0.2, 0.25) is 6.25 Å². The van der Waals surface area contributed by atoms with Crippen LogP contribution < -0.4 is 24.8 Å². The predicted molar refractivity (Wildman–Crippen MR) is 179 cm³/mol. The number of halogens is 2. The van der Waals surface area contributed by atoms with Gasteiger partial charge in [0.15, 0.2) is 0 Å². The van der Waals surface area contributed by atoms with Crippen molar-refractivity contribution >= 4 is 0 Å². The Kier molecular flexibility index (Phi) is 11.9. The van der Waals surface area contributed by atoms with Gasteiger partial charge in [-0.05, 0) is 0 Å². The summed E-state index contributed by atoms with van der Waals surface area (Å²) in [5, 5.41) is 0. The Labute approximate surface area is 294 Å². The number of hydrogen-bond donors (Lipinski definition) is 0. The monoisotopic (exact) mass is 706 g/mol. The molecule has 0 heterocycles. The van der Waals surface area contributed by atoms with E-state index in [1.807, 2.05) is 0 Å². The predicted octanol–water partition coefficient (Wildman–Crippen LogP) is 5.22. The normalized spacial score (nSPS) is 15.7. The molecule has 0 amide bonds. The summed E-state index contributed by atoms with van der Waals surface area (Å²) in [6.07, 6.45) is 24.3. The molecule has 0 fully saturated rings. The number of allylic oxidation sites excluding steroid dienone is 8. The second-order valence-electron chi connectivity index (χ2n) is 12.1. The van der Waals surface area contributed by atoms with Crippen molar-refractivity contribution in [2.45, 2.75) is 56.6 Å². The first-order valence-corrected chi connectivity index (χ1v) is 18.4. The molecule has 228 valence electrons. The topological polar surface area (TPSA) is 0 Å². The SMILES string of the molecule is CCCC(c1ccccc1)(c1ccccc1)[C]1([Zr+2][C]2(C(CCC)(c3ccccc3)c3ccccc3)C=CC=C2)C=CC=C1.[Cl-].[Cl-]. The second-order valence-corrected chi connectivity index (χ2v) is 16.8. The molecular formula is C42H42Cl2Zr. The van der Waals surface area contributed by atoms with Crippen LogP contribution in [0.4, 0.5) is 0 Å². The van der Waals surface area contributed by atoms with Crippen molar-refractivity contribution < 1.29 is 48.0 Å². The maximum Gasteiger partial charge on any atom is -1.00 e. The Bertz CT molecular complexity index is 1380. The third-order valence-corrected chi connectivity index (χ3v) is 15.6. The van der Waals surface area contributed by atoms with Crippen LogP contribution in [-0.4, -0.2) is 0 Å². The van der Waals surface area contributed by atoms with Gasteiger partial charge < -0.3 is 24.8 Å². The Morgan fingerprint density at radius 1 is 0.422 bits per heavy atom. The summed E-state index contributed by atoms with van der Waals surface area (Å²) < 4.78 is -0.173. The largest absolute Gasteiger partial charge is 1.00 e. The van der Waals surface area contributed by atoms with E-state index in [1.54, 1.807) is 0 Å². The average molecular weight is 709 g/mol. The minimum absolute atomic E-state index is 0. The van der Waals surface area contributed by atoms with Gasteiger partial charge in [0.25, 0.3) is 0 Å². The summed E-state index contributed by atoms with van der Waals surface area (Å²) in [7, 11) is 0. The molecule has 0 nitrogen and oxygen atoms in total. The zero-order valence-corrected chi connectivity index (χ0v) is 30.2. The molecule has 0 saturated carbocycles. The van der Waals surface area contributed by atoms with Crippen LogP contribution >= 0.6 is 0 Å². The molecule has 0 aromatic heterocycles. The molecular weight excluding hydrogens is 667 g/mol. The van der Waals surface area contributed by atoms with Gasteiger partial charge in [0.2, 0.25) is 0 Å². The van der Waals surface area contributed by atoms with Gasteiger partial charge in [-0.15, -0.1) is 0 Å². The van der Waals surface area contributed by atoms with Crippen molar-refractivity contribution in [3.8, 4) is 0 Å². The van der Waals surface area contributed by atoms with E-state index in [2.05, 4.69) is 184 Å². The summed E-state index contributed by atoms with van der Waals surface area (Å²) in [5.74, 6) is 0. The van der Waals surface area contributed by atoms with Crippen molar-refractivity contribution in [3.63, 3.8) is 0 Å². The van der Waals surface area contributed by atoms with Crippen molar-refractivity contribution in [1.82, 2.24) is 0 Å². The molecule has 4 aromatic carbocycles. The van der Waals surface area contributed by atoms with Crippen molar-refractivity contribution in [3.05, 3.63) is 192 Å². The summed E-state index contributed by atoms with van der Waals surface area (Å²) in [6, 6.07) is 45.7. The fourth-order valence-electron chi connectivity index (χ4n) is 8.15. The van der Waals surface area contributed by atoms with Crippen molar-refractivity contribution in [2.75, 3.05) is 0 Å². The van der Waals surface area contributed by atoms with Gasteiger partial charge >= 0.3 is 272 Å². The van der Waals surface area contributed by atoms with E-state index < -0.39 is 23.2 Å². The quantitative estimate of drug-likeness (QED) is 0.190. The van der Waals surface area contributed by atoms with E-state index in [0.717, 1.165) is 25.7 Å². The molecule has 0 N–H and O–H groups in total. The minimum atomic E-state index is -1.46. The smallest absolute Gasteiger partial charge is 1.00 e. The van der Waals surface area contributed by atoms with E-state index >= 15 is 0 Å². The van der Waals surface area contributed by atoms with E-state index in [0.29, 0.717) is 0 Å². The van der Waals surface area contributed by atoms with E-state index in [-0.39, 0.29) is 41.9 Å². The zero-order valence-electron chi connectivity index (χ0n) is 26.3. The summed E-state index contributed by atoms with van der Waals surface area (Å²) >= 11 is -1.46. The van der Waals surface area contributed by atoms with Crippen LogP contribution in [-0.2, 0) is 34.1 Å². The van der Waals surface area contributed by atoms with E-state index in [9.17, 15) is 0 Å². The van der Waals surface area contributed by atoms with Gasteiger partial charge in [0.1, 0.15) is 0 Å². The van der Waals surface area contributed by atoms with E-state index in [4.69, 9.17) is 0 Å². The van der Waals surface area contributed by atoms with Crippen molar-refractivity contribution in [2.24, 2.45) is 0 Å². The molecule has 0 aliphatic heterocycles. The van der Waals surface area contributed by atoms with Gasteiger partial charge in [-0.2, -0.15) is 0 Å². The molecule has 2 aliphatic carbocycles. The Morgan fingerprint density at radius 3 is 0.889 bits per heavy atom. The molecule has 4 aromatic rings. The van der Waals surface area contributed by atoms with Crippen LogP contribution in [0.1, 0.15) is 61.8 Å². The average Bonchev–Trinajstić information content (AvgIpc) is 3.76. The fourth-order valence-corrected chi connectivity index (χ4v) is 14.7. The van der Waals surface area contributed by atoms with Crippen LogP contribution in [0.5, 0.6) is 0 Å². The molecule has 3 heteroatoms. The van der Waals surface area contributed by atoms with Crippen LogP contribution in [0.3, 0.4) is 0 Å². The zero-order chi connectivity index (χ0) is 29.6. The van der Waals surface area contributed by atoms with Crippen molar-refractivity contribution in [1.29, 1.82) is 0 Å². The molecule has 0 spiro atoms. The first kappa shape index (κ1) is 35.2. The Morgan fingerprint density at radius 2 is 0.667 bits per heavy atom. The third kappa shape index (κ3) is 5.98. The summed E-state index contributed by atoms with van der Waals surface area (Å²) in [6.45, 7) is 4.73. The van der Waals surface area contributed by atoms with Gasteiger partial charge in [-0.1, -0.05) is 0 Å². The standard InChI is InChI=1S/2C21H21.2ClH.Zr/c2*1-2-17-21(20-15-9-10-16-20,18-11-5-3-6-12-18)19-13-7-4-8-14-19;;;/h2*3-16H,2,17H2,1H3;2*1H;/q;;;;+2/p-2. The van der Waals surface area contributed by atoms with Crippen LogP contribution in [0.25, 0.3) is 0 Å². The van der Waals surface area contributed by atoms with E-state index in [1.165, 1.54) is 22.3 Å². The molecule has 6 rings (SSSR count).